The molecule has 1 aliphatic heterocycles. The van der Waals surface area contributed by atoms with Crippen LogP contribution in [0.5, 0.6) is 11.5 Å². The van der Waals surface area contributed by atoms with E-state index in [1.165, 1.54) is 3.57 Å². The molecule has 0 unspecified atom stereocenters. The van der Waals surface area contributed by atoms with E-state index >= 15 is 0 Å². The molecule has 0 aliphatic carbocycles. The van der Waals surface area contributed by atoms with Crippen molar-refractivity contribution < 1.29 is 19.0 Å². The van der Waals surface area contributed by atoms with Crippen molar-refractivity contribution >= 4 is 63.1 Å². The molecule has 31 heavy (non-hydrogen) atoms. The van der Waals surface area contributed by atoms with Gasteiger partial charge in [-0.3, -0.25) is 0 Å². The second-order valence-electron chi connectivity index (χ2n) is 6.65. The molecule has 1 heterocycles. The van der Waals surface area contributed by atoms with E-state index in [2.05, 4.69) is 50.2 Å². The summed E-state index contributed by atoms with van der Waals surface area (Å²) in [7, 11) is 1.59. The van der Waals surface area contributed by atoms with E-state index in [-0.39, 0.29) is 5.70 Å². The van der Waals surface area contributed by atoms with E-state index < -0.39 is 5.97 Å². The lowest BCUT2D eigenvalue weighted by Gasteiger charge is -2.14. The van der Waals surface area contributed by atoms with Gasteiger partial charge in [-0.25, -0.2) is 9.79 Å². The molecule has 0 amide bonds. The van der Waals surface area contributed by atoms with E-state index in [4.69, 9.17) is 14.2 Å². The lowest BCUT2D eigenvalue weighted by atomic mass is 10.1. The van der Waals surface area contributed by atoms with Gasteiger partial charge in [-0.15, -0.1) is 0 Å². The fourth-order valence-electron chi connectivity index (χ4n) is 2.97. The van der Waals surface area contributed by atoms with Gasteiger partial charge in [-0.2, -0.15) is 0 Å². The van der Waals surface area contributed by atoms with Gasteiger partial charge in [0, 0.05) is 9.13 Å². The molecule has 3 aromatic carbocycles. The molecule has 0 saturated carbocycles. The van der Waals surface area contributed by atoms with Crippen molar-refractivity contribution in [1.82, 2.24) is 0 Å². The Hall–Kier alpha value is -2.40. The fourth-order valence-corrected chi connectivity index (χ4v) is 4.11. The number of ether oxygens (including phenoxy) is 3. The lowest BCUT2D eigenvalue weighted by Crippen LogP contribution is -2.05. The zero-order valence-corrected chi connectivity index (χ0v) is 20.8. The van der Waals surface area contributed by atoms with Gasteiger partial charge in [0.1, 0.15) is 6.61 Å². The van der Waals surface area contributed by atoms with Crippen LogP contribution in [0.3, 0.4) is 0 Å². The Morgan fingerprint density at radius 3 is 2.48 bits per heavy atom. The van der Waals surface area contributed by atoms with Crippen LogP contribution in [-0.4, -0.2) is 19.0 Å². The van der Waals surface area contributed by atoms with Crippen LogP contribution >= 0.6 is 45.2 Å². The maximum absolute atomic E-state index is 12.3. The SMILES string of the molecule is COc1cc(/C=C2\N=C(c3ccccc3)OC2=O)cc(I)c1OCc1ccc(I)cc1. The fraction of sp³-hybridized carbons (Fsp3) is 0.0833. The van der Waals surface area contributed by atoms with Crippen LogP contribution in [0.15, 0.2) is 77.4 Å². The standard InChI is InChI=1S/C24H17I2NO4/c1-29-21-13-16(11-19(26)22(21)30-14-15-7-9-18(25)10-8-15)12-20-24(28)31-23(27-20)17-5-3-2-4-6-17/h2-13H,14H2,1H3/b20-12-. The molecule has 0 saturated heterocycles. The summed E-state index contributed by atoms with van der Waals surface area (Å²) in [4.78, 5) is 16.6. The Morgan fingerprint density at radius 1 is 1.03 bits per heavy atom. The van der Waals surface area contributed by atoms with Crippen molar-refractivity contribution in [3.63, 3.8) is 0 Å². The van der Waals surface area contributed by atoms with Crippen LogP contribution in [0, 0.1) is 7.14 Å². The highest BCUT2D eigenvalue weighted by molar-refractivity contribution is 14.1. The number of benzene rings is 3. The molecular formula is C24H17I2NO4. The quantitative estimate of drug-likeness (QED) is 0.194. The molecule has 0 bridgehead atoms. The number of carbonyl (C=O) groups excluding carboxylic acids is 1. The highest BCUT2D eigenvalue weighted by Gasteiger charge is 2.24. The molecule has 7 heteroatoms. The van der Waals surface area contributed by atoms with Crippen molar-refractivity contribution in [3.8, 4) is 11.5 Å². The number of carbonyl (C=O) groups is 1. The summed E-state index contributed by atoms with van der Waals surface area (Å²) in [6, 6.07) is 21.2. The predicted octanol–water partition coefficient (Wildman–Crippen LogP) is 5.83. The summed E-state index contributed by atoms with van der Waals surface area (Å²) >= 11 is 4.47. The number of hydrogen-bond donors (Lipinski definition) is 0. The van der Waals surface area contributed by atoms with Gasteiger partial charge in [0.15, 0.2) is 17.2 Å². The second kappa shape index (κ2) is 9.82. The van der Waals surface area contributed by atoms with Gasteiger partial charge in [0.25, 0.3) is 0 Å². The summed E-state index contributed by atoms with van der Waals surface area (Å²) in [5, 5.41) is 0. The first-order valence-corrected chi connectivity index (χ1v) is 11.5. The molecule has 0 spiro atoms. The first-order chi connectivity index (χ1) is 15.0. The van der Waals surface area contributed by atoms with Crippen LogP contribution in [0.2, 0.25) is 0 Å². The number of esters is 1. The minimum atomic E-state index is -0.480. The van der Waals surface area contributed by atoms with Crippen molar-refractivity contribution in [2.75, 3.05) is 7.11 Å². The number of rotatable bonds is 6. The van der Waals surface area contributed by atoms with Crippen LogP contribution in [0.4, 0.5) is 0 Å². The second-order valence-corrected chi connectivity index (χ2v) is 9.06. The highest BCUT2D eigenvalue weighted by Crippen LogP contribution is 2.35. The largest absolute Gasteiger partial charge is 0.493 e. The third kappa shape index (κ3) is 5.27. The van der Waals surface area contributed by atoms with E-state index in [0.717, 1.165) is 20.3 Å². The number of nitrogens with zero attached hydrogens (tertiary/aromatic N) is 1. The number of hydrogen-bond acceptors (Lipinski definition) is 5. The minimum Gasteiger partial charge on any atom is -0.493 e. The minimum absolute atomic E-state index is 0.240. The van der Waals surface area contributed by atoms with Crippen LogP contribution in [-0.2, 0) is 16.1 Å². The molecular weight excluding hydrogens is 620 g/mol. The molecule has 156 valence electrons. The normalized spacial score (nSPS) is 14.4. The Kier molecular flexibility index (Phi) is 6.91. The Bertz CT molecular complexity index is 1170. The van der Waals surface area contributed by atoms with E-state index in [1.54, 1.807) is 13.2 Å². The molecule has 3 aromatic rings. The van der Waals surface area contributed by atoms with Gasteiger partial charge in [0.2, 0.25) is 5.90 Å². The molecule has 0 atom stereocenters. The summed E-state index contributed by atoms with van der Waals surface area (Å²) in [5.41, 5.74) is 2.84. The molecule has 0 N–H and O–H groups in total. The first kappa shape index (κ1) is 21.8. The Labute approximate surface area is 207 Å². The third-order valence-electron chi connectivity index (χ3n) is 4.49. The maximum atomic E-state index is 12.3. The predicted molar refractivity (Wildman–Crippen MR) is 136 cm³/mol. The number of methoxy groups -OCH3 is 1. The maximum Gasteiger partial charge on any atom is 0.363 e. The van der Waals surface area contributed by atoms with Gasteiger partial charge >= 0.3 is 5.97 Å². The first-order valence-electron chi connectivity index (χ1n) is 9.36. The topological polar surface area (TPSA) is 57.1 Å². The molecule has 5 nitrogen and oxygen atoms in total. The molecule has 4 rings (SSSR count). The smallest absolute Gasteiger partial charge is 0.363 e. The number of aliphatic imine (C=N–C) groups is 1. The summed E-state index contributed by atoms with van der Waals surface area (Å²) < 4.78 is 18.9. The lowest BCUT2D eigenvalue weighted by molar-refractivity contribution is -0.129. The van der Waals surface area contributed by atoms with Crippen molar-refractivity contribution in [3.05, 3.63) is 96.3 Å². The van der Waals surface area contributed by atoms with Gasteiger partial charge in [-0.05, 0) is 98.8 Å². The Morgan fingerprint density at radius 2 is 1.77 bits per heavy atom. The van der Waals surface area contributed by atoms with Crippen LogP contribution in [0.1, 0.15) is 16.7 Å². The average Bonchev–Trinajstić information content (AvgIpc) is 3.14. The zero-order chi connectivity index (χ0) is 21.8. The molecule has 0 radical (unpaired) electrons. The van der Waals surface area contributed by atoms with Crippen molar-refractivity contribution in [2.24, 2.45) is 4.99 Å². The summed E-state index contributed by atoms with van der Waals surface area (Å²) in [5.74, 6) is 1.07. The Balaban J connectivity index is 1.58. The van der Waals surface area contributed by atoms with E-state index in [1.807, 2.05) is 66.7 Å². The van der Waals surface area contributed by atoms with Gasteiger partial charge in [-0.1, -0.05) is 30.3 Å². The van der Waals surface area contributed by atoms with Crippen molar-refractivity contribution in [2.45, 2.75) is 6.61 Å². The molecule has 1 aliphatic rings. The molecule has 0 fully saturated rings. The summed E-state index contributed by atoms with van der Waals surface area (Å²) in [6.07, 6.45) is 1.69. The number of cyclic esters (lactones) is 1. The van der Waals surface area contributed by atoms with E-state index in [0.29, 0.717) is 24.0 Å². The number of halogens is 2. The van der Waals surface area contributed by atoms with E-state index in [9.17, 15) is 4.79 Å². The van der Waals surface area contributed by atoms with Gasteiger partial charge < -0.3 is 14.2 Å². The summed E-state index contributed by atoms with van der Waals surface area (Å²) in [6.45, 7) is 0.431. The van der Waals surface area contributed by atoms with Gasteiger partial charge in [0.05, 0.1) is 10.7 Å². The average molecular weight is 637 g/mol. The highest BCUT2D eigenvalue weighted by atomic mass is 127. The van der Waals surface area contributed by atoms with Crippen LogP contribution in [0.25, 0.3) is 6.08 Å². The van der Waals surface area contributed by atoms with Crippen molar-refractivity contribution in [1.29, 1.82) is 0 Å². The van der Waals surface area contributed by atoms with Crippen LogP contribution < -0.4 is 9.47 Å². The zero-order valence-electron chi connectivity index (χ0n) is 16.5. The monoisotopic (exact) mass is 637 g/mol. The third-order valence-corrected chi connectivity index (χ3v) is 6.01. The molecule has 0 aromatic heterocycles.